The Morgan fingerprint density at radius 3 is 2.33 bits per heavy atom. The van der Waals surface area contributed by atoms with Crippen LogP contribution in [0.4, 0.5) is 5.69 Å². The summed E-state index contributed by atoms with van der Waals surface area (Å²) in [6.45, 7) is 8.32. The van der Waals surface area contributed by atoms with Crippen molar-refractivity contribution in [3.63, 3.8) is 0 Å². The van der Waals surface area contributed by atoms with Crippen LogP contribution in [-0.2, 0) is 10.2 Å². The normalized spacial score (nSPS) is 11.6. The van der Waals surface area contributed by atoms with E-state index in [4.69, 9.17) is 10.5 Å². The first-order chi connectivity index (χ1) is 12.8. The second-order valence-electron chi connectivity index (χ2n) is 7.47. The fraction of sp³-hybridized carbons (Fsp3) is 0.273. The van der Waals surface area contributed by atoms with E-state index in [-0.39, 0.29) is 34.7 Å². The van der Waals surface area contributed by atoms with E-state index in [1.807, 2.05) is 12.1 Å². The Bertz CT molecular complexity index is 1010. The van der Waals surface area contributed by atoms with Crippen LogP contribution in [0.5, 0.6) is 0 Å². The maximum absolute atomic E-state index is 13.2. The van der Waals surface area contributed by atoms with Crippen molar-refractivity contribution >= 4 is 23.0 Å². The fourth-order valence-electron chi connectivity index (χ4n) is 3.14. The van der Waals surface area contributed by atoms with Crippen LogP contribution in [0, 0.1) is 0 Å². The predicted molar refractivity (Wildman–Crippen MR) is 106 cm³/mol. The van der Waals surface area contributed by atoms with E-state index < -0.39 is 5.97 Å². The molecular weight excluding hydrogens is 340 g/mol. The van der Waals surface area contributed by atoms with Gasteiger partial charge in [-0.25, -0.2) is 4.79 Å². The molecule has 0 atom stereocenters. The Kier molecular flexibility index (Phi) is 4.79. The largest absolute Gasteiger partial charge is 0.462 e. The molecule has 0 radical (unpaired) electrons. The topological polar surface area (TPSA) is 73.8 Å². The lowest BCUT2D eigenvalue weighted by Gasteiger charge is -2.19. The Morgan fingerprint density at radius 1 is 1.07 bits per heavy atom. The van der Waals surface area contributed by atoms with Crippen molar-refractivity contribution in [2.45, 2.75) is 33.1 Å². The molecule has 0 unspecified atom stereocenters. The summed E-state index contributed by atoms with van der Waals surface area (Å²) in [5.41, 5.74) is 9.11. The van der Waals surface area contributed by atoms with Gasteiger partial charge >= 0.3 is 5.97 Å². The van der Waals surface area contributed by atoms with Crippen molar-refractivity contribution in [3.05, 3.63) is 71.0 Å². The van der Waals surface area contributed by atoms with Crippen LogP contribution >= 0.6 is 0 Å². The molecule has 5 heteroatoms. The molecule has 0 spiro atoms. The number of aromatic nitrogens is 1. The molecular formula is C22H24N2O3. The molecule has 0 aliphatic rings. The first-order valence-corrected chi connectivity index (χ1v) is 8.96. The SMILES string of the molecule is CCOC(=O)c1c(N)c(C(=O)c2ccc(C(C)(C)C)cc2)n2ccccc12. The van der Waals surface area contributed by atoms with E-state index in [0.29, 0.717) is 11.1 Å². The summed E-state index contributed by atoms with van der Waals surface area (Å²) in [5, 5.41) is 0. The zero-order valence-electron chi connectivity index (χ0n) is 16.1. The molecule has 0 bridgehead atoms. The monoisotopic (exact) mass is 364 g/mol. The summed E-state index contributed by atoms with van der Waals surface area (Å²) in [7, 11) is 0. The Hall–Kier alpha value is -3.08. The third-order valence-electron chi connectivity index (χ3n) is 4.59. The number of carbonyl (C=O) groups is 2. The maximum Gasteiger partial charge on any atom is 0.342 e. The number of ether oxygens (including phenoxy) is 1. The molecule has 2 N–H and O–H groups in total. The Morgan fingerprint density at radius 2 is 1.74 bits per heavy atom. The summed E-state index contributed by atoms with van der Waals surface area (Å²) < 4.78 is 6.78. The van der Waals surface area contributed by atoms with Gasteiger partial charge in [0.2, 0.25) is 5.78 Å². The van der Waals surface area contributed by atoms with Gasteiger partial charge in [0.05, 0.1) is 17.8 Å². The second-order valence-corrected chi connectivity index (χ2v) is 7.47. The zero-order chi connectivity index (χ0) is 19.8. The highest BCUT2D eigenvalue weighted by atomic mass is 16.5. The average molecular weight is 364 g/mol. The van der Waals surface area contributed by atoms with E-state index >= 15 is 0 Å². The standard InChI is InChI=1S/C22H24N2O3/c1-5-27-21(26)17-16-8-6-7-13-24(16)19(18(17)23)20(25)14-9-11-15(12-10-14)22(2,3)4/h6-13H,5,23H2,1-4H3. The van der Waals surface area contributed by atoms with Crippen LogP contribution in [0.3, 0.4) is 0 Å². The van der Waals surface area contributed by atoms with Gasteiger partial charge in [0, 0.05) is 11.8 Å². The van der Waals surface area contributed by atoms with Gasteiger partial charge in [-0.2, -0.15) is 0 Å². The molecule has 3 rings (SSSR count). The Balaban J connectivity index is 2.13. The van der Waals surface area contributed by atoms with Crippen LogP contribution in [0.25, 0.3) is 5.52 Å². The molecule has 0 aliphatic heterocycles. The molecule has 0 saturated carbocycles. The van der Waals surface area contributed by atoms with Crippen molar-refractivity contribution in [1.29, 1.82) is 0 Å². The number of pyridine rings is 1. The molecule has 3 aromatic rings. The summed E-state index contributed by atoms with van der Waals surface area (Å²) >= 11 is 0. The van der Waals surface area contributed by atoms with E-state index in [1.165, 1.54) is 0 Å². The lowest BCUT2D eigenvalue weighted by atomic mass is 9.86. The zero-order valence-corrected chi connectivity index (χ0v) is 16.1. The number of hydrogen-bond acceptors (Lipinski definition) is 4. The van der Waals surface area contributed by atoms with E-state index in [0.717, 1.165) is 5.56 Å². The van der Waals surface area contributed by atoms with Gasteiger partial charge in [-0.3, -0.25) is 4.79 Å². The number of nitrogen functional groups attached to an aromatic ring is 1. The van der Waals surface area contributed by atoms with Crippen molar-refractivity contribution in [2.24, 2.45) is 0 Å². The van der Waals surface area contributed by atoms with Crippen molar-refractivity contribution in [2.75, 3.05) is 12.3 Å². The number of carbonyl (C=O) groups excluding carboxylic acids is 2. The number of hydrogen-bond donors (Lipinski definition) is 1. The molecule has 0 aliphatic carbocycles. The van der Waals surface area contributed by atoms with Crippen LogP contribution in [-0.4, -0.2) is 22.8 Å². The lowest BCUT2D eigenvalue weighted by Crippen LogP contribution is -2.12. The number of fused-ring (bicyclic) bond motifs is 1. The molecule has 140 valence electrons. The van der Waals surface area contributed by atoms with Crippen LogP contribution < -0.4 is 5.73 Å². The van der Waals surface area contributed by atoms with E-state index in [2.05, 4.69) is 20.8 Å². The quantitative estimate of drug-likeness (QED) is 0.555. The highest BCUT2D eigenvalue weighted by molar-refractivity contribution is 6.16. The Labute approximate surface area is 158 Å². The molecule has 1 aromatic carbocycles. The molecule has 0 fully saturated rings. The number of ketones is 1. The van der Waals surface area contributed by atoms with Gasteiger partial charge in [-0.15, -0.1) is 0 Å². The van der Waals surface area contributed by atoms with Gasteiger partial charge < -0.3 is 14.9 Å². The molecule has 0 amide bonds. The van der Waals surface area contributed by atoms with Crippen LogP contribution in [0.2, 0.25) is 0 Å². The van der Waals surface area contributed by atoms with Gasteiger partial charge in [0.1, 0.15) is 11.3 Å². The predicted octanol–water partition coefficient (Wildman–Crippen LogP) is 4.23. The number of esters is 1. The third-order valence-corrected chi connectivity index (χ3v) is 4.59. The molecule has 2 aromatic heterocycles. The highest BCUT2D eigenvalue weighted by Crippen LogP contribution is 2.30. The molecule has 5 nitrogen and oxygen atoms in total. The first-order valence-electron chi connectivity index (χ1n) is 8.96. The van der Waals surface area contributed by atoms with E-state index in [9.17, 15) is 9.59 Å². The molecule has 0 saturated heterocycles. The number of rotatable bonds is 4. The van der Waals surface area contributed by atoms with Crippen molar-refractivity contribution in [3.8, 4) is 0 Å². The minimum absolute atomic E-state index is 0.000556. The molecule has 2 heterocycles. The third kappa shape index (κ3) is 3.33. The number of benzene rings is 1. The summed E-state index contributed by atoms with van der Waals surface area (Å²) in [6, 6.07) is 12.8. The summed E-state index contributed by atoms with van der Waals surface area (Å²) in [4.78, 5) is 25.6. The molecule has 27 heavy (non-hydrogen) atoms. The maximum atomic E-state index is 13.2. The fourth-order valence-corrected chi connectivity index (χ4v) is 3.14. The summed E-state index contributed by atoms with van der Waals surface area (Å²) in [6.07, 6.45) is 1.73. The van der Waals surface area contributed by atoms with Crippen molar-refractivity contribution in [1.82, 2.24) is 4.40 Å². The second kappa shape index (κ2) is 6.91. The highest BCUT2D eigenvalue weighted by Gasteiger charge is 2.27. The van der Waals surface area contributed by atoms with Gasteiger partial charge in [-0.05, 0) is 30.0 Å². The van der Waals surface area contributed by atoms with Crippen LogP contribution in [0.1, 0.15) is 59.7 Å². The first kappa shape index (κ1) is 18.7. The number of anilines is 1. The van der Waals surface area contributed by atoms with Gasteiger partial charge in [-0.1, -0.05) is 51.1 Å². The summed E-state index contributed by atoms with van der Waals surface area (Å²) in [5.74, 6) is -0.759. The van der Waals surface area contributed by atoms with Crippen molar-refractivity contribution < 1.29 is 14.3 Å². The van der Waals surface area contributed by atoms with Crippen LogP contribution in [0.15, 0.2) is 48.7 Å². The average Bonchev–Trinajstić information content (AvgIpc) is 2.92. The van der Waals surface area contributed by atoms with Gasteiger partial charge in [0.25, 0.3) is 0 Å². The minimum atomic E-state index is -0.527. The minimum Gasteiger partial charge on any atom is -0.462 e. The number of nitrogens with zero attached hydrogens (tertiary/aromatic N) is 1. The van der Waals surface area contributed by atoms with Gasteiger partial charge in [0.15, 0.2) is 0 Å². The smallest absolute Gasteiger partial charge is 0.342 e. The van der Waals surface area contributed by atoms with E-state index in [1.54, 1.807) is 47.9 Å². The number of nitrogens with two attached hydrogens (primary N) is 1. The lowest BCUT2D eigenvalue weighted by molar-refractivity contribution is 0.0530.